The van der Waals surface area contributed by atoms with Gasteiger partial charge < -0.3 is 10.2 Å². The second-order valence-corrected chi connectivity index (χ2v) is 3.53. The van der Waals surface area contributed by atoms with E-state index >= 15 is 0 Å². The Morgan fingerprint density at radius 1 is 1.47 bits per heavy atom. The van der Waals surface area contributed by atoms with E-state index in [2.05, 4.69) is 10.5 Å². The Morgan fingerprint density at radius 3 is 2.87 bits per heavy atom. The molecule has 0 aliphatic carbocycles. The van der Waals surface area contributed by atoms with Crippen LogP contribution in [0.15, 0.2) is 29.4 Å². The molecular weight excluding hydrogens is 195 g/mol. The highest BCUT2D eigenvalue weighted by molar-refractivity contribution is 6.01. The molecule has 15 heavy (non-hydrogen) atoms. The number of nitrogens with one attached hydrogen (secondary N) is 1. The molecule has 1 aliphatic heterocycles. The minimum Gasteiger partial charge on any atom is -0.390 e. The Labute approximate surface area is 87.9 Å². The number of likely N-dealkylation sites (N-methyl/N-ethyl adjacent to an activating group) is 1. The predicted octanol–water partition coefficient (Wildman–Crippen LogP) is 1.54. The molecule has 1 atom stereocenters. The molecule has 1 aromatic rings. The van der Waals surface area contributed by atoms with Gasteiger partial charge in [-0.2, -0.15) is 0 Å². The lowest BCUT2D eigenvalue weighted by Crippen LogP contribution is -2.23. The SMILES string of the molecule is CNC[C@@H]1CC(c2ccc(F)cc2)=NO1. The summed E-state index contributed by atoms with van der Waals surface area (Å²) in [6.45, 7) is 0.772. The maximum absolute atomic E-state index is 12.7. The minimum absolute atomic E-state index is 0.0926. The average Bonchev–Trinajstić information content (AvgIpc) is 2.68. The van der Waals surface area contributed by atoms with Crippen molar-refractivity contribution in [2.24, 2.45) is 5.16 Å². The normalized spacial score (nSPS) is 19.9. The molecule has 3 nitrogen and oxygen atoms in total. The molecule has 0 spiro atoms. The second kappa shape index (κ2) is 4.40. The van der Waals surface area contributed by atoms with Crippen LogP contribution in [0.4, 0.5) is 4.39 Å². The van der Waals surface area contributed by atoms with E-state index in [4.69, 9.17) is 4.84 Å². The van der Waals surface area contributed by atoms with E-state index in [1.54, 1.807) is 12.1 Å². The molecule has 1 aliphatic rings. The largest absolute Gasteiger partial charge is 0.390 e. The third kappa shape index (κ3) is 2.33. The number of hydrogen-bond acceptors (Lipinski definition) is 3. The van der Waals surface area contributed by atoms with Crippen LogP contribution in [0.25, 0.3) is 0 Å². The molecular formula is C11H13FN2O. The fourth-order valence-electron chi connectivity index (χ4n) is 1.58. The monoisotopic (exact) mass is 208 g/mol. The van der Waals surface area contributed by atoms with Crippen LogP contribution in [0.3, 0.4) is 0 Å². The van der Waals surface area contributed by atoms with E-state index in [1.165, 1.54) is 12.1 Å². The molecule has 1 N–H and O–H groups in total. The van der Waals surface area contributed by atoms with Crippen molar-refractivity contribution >= 4 is 5.71 Å². The van der Waals surface area contributed by atoms with Crippen LogP contribution in [0.2, 0.25) is 0 Å². The van der Waals surface area contributed by atoms with Gasteiger partial charge in [0.2, 0.25) is 0 Å². The lowest BCUT2D eigenvalue weighted by molar-refractivity contribution is 0.0866. The minimum atomic E-state index is -0.231. The third-order valence-corrected chi connectivity index (χ3v) is 2.34. The average molecular weight is 208 g/mol. The third-order valence-electron chi connectivity index (χ3n) is 2.34. The van der Waals surface area contributed by atoms with E-state index in [0.717, 1.165) is 24.2 Å². The molecule has 1 aromatic carbocycles. The fraction of sp³-hybridized carbons (Fsp3) is 0.364. The summed E-state index contributed by atoms with van der Waals surface area (Å²) in [5, 5.41) is 7.02. The fourth-order valence-corrected chi connectivity index (χ4v) is 1.58. The van der Waals surface area contributed by atoms with Crippen LogP contribution in [0.5, 0.6) is 0 Å². The number of benzene rings is 1. The Kier molecular flexibility index (Phi) is 2.97. The molecule has 0 unspecified atom stereocenters. The van der Waals surface area contributed by atoms with E-state index < -0.39 is 0 Å². The predicted molar refractivity (Wildman–Crippen MR) is 56.4 cm³/mol. The second-order valence-electron chi connectivity index (χ2n) is 3.53. The maximum Gasteiger partial charge on any atom is 0.145 e. The number of halogens is 1. The van der Waals surface area contributed by atoms with Gasteiger partial charge in [0, 0.05) is 13.0 Å². The summed E-state index contributed by atoms with van der Waals surface area (Å²) in [5.74, 6) is -0.231. The molecule has 1 heterocycles. The molecule has 4 heteroatoms. The zero-order valence-corrected chi connectivity index (χ0v) is 8.53. The molecule has 0 bridgehead atoms. The zero-order chi connectivity index (χ0) is 10.7. The van der Waals surface area contributed by atoms with Gasteiger partial charge in [-0.05, 0) is 24.7 Å². The number of oxime groups is 1. The van der Waals surface area contributed by atoms with Crippen molar-refractivity contribution in [2.45, 2.75) is 12.5 Å². The van der Waals surface area contributed by atoms with Crippen LogP contribution in [0.1, 0.15) is 12.0 Å². The molecule has 2 rings (SSSR count). The van der Waals surface area contributed by atoms with Crippen molar-refractivity contribution in [3.63, 3.8) is 0 Å². The van der Waals surface area contributed by atoms with Crippen molar-refractivity contribution in [3.8, 4) is 0 Å². The smallest absolute Gasteiger partial charge is 0.145 e. The summed E-state index contributed by atoms with van der Waals surface area (Å²) >= 11 is 0. The van der Waals surface area contributed by atoms with E-state index in [1.807, 2.05) is 7.05 Å². The van der Waals surface area contributed by atoms with Gasteiger partial charge in [-0.25, -0.2) is 4.39 Å². The first-order chi connectivity index (χ1) is 7.29. The van der Waals surface area contributed by atoms with Gasteiger partial charge in [0.15, 0.2) is 0 Å². The molecule has 0 fully saturated rings. The first-order valence-corrected chi connectivity index (χ1v) is 4.93. The Balaban J connectivity index is 2.04. The summed E-state index contributed by atoms with van der Waals surface area (Å²) in [6.07, 6.45) is 0.863. The molecule has 0 saturated heterocycles. The lowest BCUT2D eigenvalue weighted by Gasteiger charge is -2.05. The summed E-state index contributed by atoms with van der Waals surface area (Å²) in [5.41, 5.74) is 1.81. The molecule has 0 saturated carbocycles. The zero-order valence-electron chi connectivity index (χ0n) is 8.53. The molecule has 0 radical (unpaired) electrons. The van der Waals surface area contributed by atoms with Crippen molar-refractivity contribution in [3.05, 3.63) is 35.6 Å². The summed E-state index contributed by atoms with van der Waals surface area (Å²) in [7, 11) is 1.87. The van der Waals surface area contributed by atoms with Gasteiger partial charge >= 0.3 is 0 Å². The van der Waals surface area contributed by atoms with Crippen LogP contribution >= 0.6 is 0 Å². The van der Waals surface area contributed by atoms with Crippen molar-refractivity contribution < 1.29 is 9.23 Å². The van der Waals surface area contributed by atoms with E-state index in [0.29, 0.717) is 0 Å². The van der Waals surface area contributed by atoms with Gasteiger partial charge in [0.1, 0.15) is 11.9 Å². The maximum atomic E-state index is 12.7. The van der Waals surface area contributed by atoms with Gasteiger partial charge in [-0.3, -0.25) is 0 Å². The Bertz CT molecular complexity index is 361. The van der Waals surface area contributed by atoms with Crippen molar-refractivity contribution in [1.82, 2.24) is 5.32 Å². The highest BCUT2D eigenvalue weighted by Crippen LogP contribution is 2.16. The highest BCUT2D eigenvalue weighted by Gasteiger charge is 2.21. The van der Waals surface area contributed by atoms with Gasteiger partial charge in [0.05, 0.1) is 5.71 Å². The molecule has 0 amide bonds. The van der Waals surface area contributed by atoms with Crippen molar-refractivity contribution in [2.75, 3.05) is 13.6 Å². The summed E-state index contributed by atoms with van der Waals surface area (Å²) < 4.78 is 12.7. The van der Waals surface area contributed by atoms with Crippen LogP contribution in [-0.4, -0.2) is 25.4 Å². The van der Waals surface area contributed by atoms with Crippen LogP contribution in [-0.2, 0) is 4.84 Å². The van der Waals surface area contributed by atoms with E-state index in [-0.39, 0.29) is 11.9 Å². The first kappa shape index (κ1) is 10.1. The van der Waals surface area contributed by atoms with Gasteiger partial charge in [0.25, 0.3) is 0 Å². The standard InChI is InChI=1S/C11H13FN2O/c1-13-7-10-6-11(14-15-10)8-2-4-9(12)5-3-8/h2-5,10,13H,6-7H2,1H3/t10-/m0/s1. The number of hydrogen-bond donors (Lipinski definition) is 1. The summed E-state index contributed by atoms with van der Waals surface area (Å²) in [6, 6.07) is 6.31. The quantitative estimate of drug-likeness (QED) is 0.817. The lowest BCUT2D eigenvalue weighted by atomic mass is 10.1. The van der Waals surface area contributed by atoms with Crippen LogP contribution in [0, 0.1) is 5.82 Å². The Hall–Kier alpha value is -1.42. The Morgan fingerprint density at radius 2 is 2.20 bits per heavy atom. The summed E-state index contributed by atoms with van der Waals surface area (Å²) in [4.78, 5) is 5.22. The molecule has 80 valence electrons. The number of nitrogens with zero attached hydrogens (tertiary/aromatic N) is 1. The van der Waals surface area contributed by atoms with Gasteiger partial charge in [-0.15, -0.1) is 0 Å². The van der Waals surface area contributed by atoms with Crippen molar-refractivity contribution in [1.29, 1.82) is 0 Å². The van der Waals surface area contributed by atoms with Crippen LogP contribution < -0.4 is 5.32 Å². The molecule has 0 aromatic heterocycles. The van der Waals surface area contributed by atoms with Gasteiger partial charge in [-0.1, -0.05) is 17.3 Å². The first-order valence-electron chi connectivity index (χ1n) is 4.93. The number of rotatable bonds is 3. The topological polar surface area (TPSA) is 33.6 Å². The highest BCUT2D eigenvalue weighted by atomic mass is 19.1. The van der Waals surface area contributed by atoms with E-state index in [9.17, 15) is 4.39 Å².